The Kier molecular flexibility index (Phi) is 6.59. The summed E-state index contributed by atoms with van der Waals surface area (Å²) in [4.78, 5) is 26.7. The Morgan fingerprint density at radius 1 is 0.972 bits per heavy atom. The van der Waals surface area contributed by atoms with Crippen LogP contribution in [-0.2, 0) is 11.2 Å². The van der Waals surface area contributed by atoms with Crippen molar-refractivity contribution in [3.05, 3.63) is 66.0 Å². The zero-order chi connectivity index (χ0) is 24.3. The molecule has 0 saturated carbocycles. The summed E-state index contributed by atoms with van der Waals surface area (Å²) >= 11 is 0. The molecule has 2 aliphatic rings. The minimum atomic E-state index is 0.377. The summed E-state index contributed by atoms with van der Waals surface area (Å²) in [5, 5.41) is 3.43. The normalized spacial score (nSPS) is 18.0. The van der Waals surface area contributed by atoms with Crippen LogP contribution in [0.3, 0.4) is 0 Å². The van der Waals surface area contributed by atoms with Gasteiger partial charge in [0, 0.05) is 75.3 Å². The van der Waals surface area contributed by atoms with Crippen LogP contribution in [0.1, 0.15) is 30.0 Å². The van der Waals surface area contributed by atoms with Gasteiger partial charge in [-0.15, -0.1) is 0 Å². The van der Waals surface area contributed by atoms with E-state index in [1.807, 2.05) is 6.20 Å². The van der Waals surface area contributed by atoms with Gasteiger partial charge in [-0.05, 0) is 36.8 Å². The van der Waals surface area contributed by atoms with Crippen molar-refractivity contribution in [3.63, 3.8) is 0 Å². The molecule has 2 saturated heterocycles. The molecule has 6 rings (SSSR count). The topological polar surface area (TPSA) is 95.1 Å². The summed E-state index contributed by atoms with van der Waals surface area (Å²) in [6.45, 7) is 9.69. The third-order valence-electron chi connectivity index (χ3n) is 7.19. The Morgan fingerprint density at radius 3 is 2.69 bits per heavy atom. The number of H-pyrrole nitrogens is 1. The highest BCUT2D eigenvalue weighted by Crippen LogP contribution is 2.26. The number of aromatic amines is 1. The quantitative estimate of drug-likeness (QED) is 0.432. The van der Waals surface area contributed by atoms with E-state index >= 15 is 0 Å². The molecule has 1 aromatic carbocycles. The van der Waals surface area contributed by atoms with Crippen molar-refractivity contribution in [2.75, 3.05) is 57.4 Å². The number of benzene rings is 1. The van der Waals surface area contributed by atoms with Crippen molar-refractivity contribution in [1.29, 1.82) is 0 Å². The monoisotopic (exact) mass is 484 g/mol. The zero-order valence-electron chi connectivity index (χ0n) is 20.7. The van der Waals surface area contributed by atoms with Crippen molar-refractivity contribution < 1.29 is 4.74 Å². The highest BCUT2D eigenvalue weighted by atomic mass is 16.5. The first kappa shape index (κ1) is 23.0. The van der Waals surface area contributed by atoms with E-state index in [2.05, 4.69) is 78.4 Å². The van der Waals surface area contributed by atoms with Gasteiger partial charge in [0.1, 0.15) is 18.0 Å². The third-order valence-corrected chi connectivity index (χ3v) is 7.19. The number of nitrogens with one attached hydrogen (secondary N) is 2. The molecule has 0 amide bonds. The molecule has 0 aliphatic carbocycles. The molecule has 1 atom stereocenters. The summed E-state index contributed by atoms with van der Waals surface area (Å²) in [6, 6.07) is 13.0. The summed E-state index contributed by atoms with van der Waals surface area (Å²) in [5.74, 6) is 1.85. The Bertz CT molecular complexity index is 1330. The van der Waals surface area contributed by atoms with Gasteiger partial charge in [-0.2, -0.15) is 0 Å². The fraction of sp³-hybridized carbons (Fsp3) is 0.407. The van der Waals surface area contributed by atoms with E-state index in [0.717, 1.165) is 92.1 Å². The fourth-order valence-corrected chi connectivity index (χ4v) is 5.08. The lowest BCUT2D eigenvalue weighted by Crippen LogP contribution is -2.44. The van der Waals surface area contributed by atoms with Crippen molar-refractivity contribution in [2.24, 2.45) is 0 Å². The van der Waals surface area contributed by atoms with Crippen molar-refractivity contribution in [1.82, 2.24) is 35.1 Å². The molecule has 2 aliphatic heterocycles. The van der Waals surface area contributed by atoms with Crippen LogP contribution in [0.2, 0.25) is 0 Å². The third kappa shape index (κ3) is 4.95. The summed E-state index contributed by atoms with van der Waals surface area (Å²) in [7, 11) is 0. The first-order valence-electron chi connectivity index (χ1n) is 12.8. The van der Waals surface area contributed by atoms with Crippen LogP contribution >= 0.6 is 0 Å². The molecular formula is C27H32N8O. The van der Waals surface area contributed by atoms with Crippen molar-refractivity contribution in [3.8, 4) is 11.3 Å². The maximum atomic E-state index is 5.47. The van der Waals surface area contributed by atoms with Gasteiger partial charge in [-0.25, -0.2) is 15.0 Å². The van der Waals surface area contributed by atoms with Gasteiger partial charge in [0.15, 0.2) is 0 Å². The van der Waals surface area contributed by atoms with Crippen molar-refractivity contribution in [2.45, 2.75) is 19.4 Å². The Hall–Kier alpha value is -3.40. The second kappa shape index (κ2) is 10.3. The number of nitrogens with zero attached hydrogens (tertiary/aromatic N) is 6. The molecule has 3 aromatic heterocycles. The Balaban J connectivity index is 1.20. The zero-order valence-corrected chi connectivity index (χ0v) is 20.7. The van der Waals surface area contributed by atoms with E-state index in [1.165, 1.54) is 5.56 Å². The maximum Gasteiger partial charge on any atom is 0.132 e. The lowest BCUT2D eigenvalue weighted by Gasteiger charge is -2.33. The van der Waals surface area contributed by atoms with Crippen LogP contribution in [0.25, 0.3) is 22.3 Å². The van der Waals surface area contributed by atoms with Gasteiger partial charge in [-0.3, -0.25) is 9.88 Å². The number of ether oxygens (including phenoxy) is 1. The molecule has 36 heavy (non-hydrogen) atoms. The molecule has 9 nitrogen and oxygen atoms in total. The molecular weight excluding hydrogens is 452 g/mol. The number of morpholine rings is 1. The predicted octanol–water partition coefficient (Wildman–Crippen LogP) is 2.81. The van der Waals surface area contributed by atoms with Crippen LogP contribution in [0.5, 0.6) is 0 Å². The first-order chi connectivity index (χ1) is 17.7. The number of hydrogen-bond donors (Lipinski definition) is 2. The first-order valence-corrected chi connectivity index (χ1v) is 12.8. The predicted molar refractivity (Wildman–Crippen MR) is 140 cm³/mol. The average Bonchev–Trinajstić information content (AvgIpc) is 3.35. The Morgan fingerprint density at radius 2 is 1.83 bits per heavy atom. The minimum Gasteiger partial charge on any atom is -0.378 e. The highest BCUT2D eigenvalue weighted by Gasteiger charge is 2.19. The molecule has 2 fully saturated rings. The van der Waals surface area contributed by atoms with E-state index in [-0.39, 0.29) is 0 Å². The standard InChI is InChI=1S/C27H32N8O/c1-19(34-8-6-28-7-9-34)20-4-5-29-22(14-20)16-26-32-23-3-2-21(15-25(23)33-26)24-17-27(31-18-30-24)35-10-12-36-13-11-35/h2-5,14-15,17-19,28H,6-13,16H2,1H3,(H,32,33). The van der Waals surface area contributed by atoms with Crippen LogP contribution in [0.15, 0.2) is 48.9 Å². The molecule has 0 spiro atoms. The second-order valence-electron chi connectivity index (χ2n) is 9.50. The van der Waals surface area contributed by atoms with E-state index in [4.69, 9.17) is 9.72 Å². The van der Waals surface area contributed by atoms with Crippen LogP contribution in [0.4, 0.5) is 5.82 Å². The molecule has 0 bridgehead atoms. The highest BCUT2D eigenvalue weighted by molar-refractivity contribution is 5.81. The minimum absolute atomic E-state index is 0.377. The number of rotatable bonds is 6. The Labute approximate surface area is 211 Å². The number of anilines is 1. The number of hydrogen-bond acceptors (Lipinski definition) is 8. The molecule has 0 radical (unpaired) electrons. The fourth-order valence-electron chi connectivity index (χ4n) is 5.08. The average molecular weight is 485 g/mol. The van der Waals surface area contributed by atoms with Gasteiger partial charge in [0.2, 0.25) is 0 Å². The number of imidazole rings is 1. The van der Waals surface area contributed by atoms with Gasteiger partial charge >= 0.3 is 0 Å². The van der Waals surface area contributed by atoms with E-state index in [9.17, 15) is 0 Å². The number of piperazine rings is 1. The molecule has 9 heteroatoms. The summed E-state index contributed by atoms with van der Waals surface area (Å²) < 4.78 is 5.47. The van der Waals surface area contributed by atoms with E-state index < -0.39 is 0 Å². The van der Waals surface area contributed by atoms with E-state index in [0.29, 0.717) is 12.5 Å². The van der Waals surface area contributed by atoms with Crippen molar-refractivity contribution >= 4 is 16.9 Å². The van der Waals surface area contributed by atoms with Crippen LogP contribution in [0, 0.1) is 0 Å². The smallest absolute Gasteiger partial charge is 0.132 e. The SMILES string of the molecule is CC(c1ccnc(Cc2nc3ccc(-c4cc(N5CCOCC5)ncn4)cc3[nH]2)c1)N1CCNCC1. The lowest BCUT2D eigenvalue weighted by atomic mass is 10.1. The van der Waals surface area contributed by atoms with Gasteiger partial charge in [0.05, 0.1) is 29.9 Å². The van der Waals surface area contributed by atoms with E-state index in [1.54, 1.807) is 6.33 Å². The maximum absolute atomic E-state index is 5.47. The second-order valence-corrected chi connectivity index (χ2v) is 9.50. The number of aromatic nitrogens is 5. The largest absolute Gasteiger partial charge is 0.378 e. The van der Waals surface area contributed by atoms with Gasteiger partial charge in [0.25, 0.3) is 0 Å². The molecule has 2 N–H and O–H groups in total. The van der Waals surface area contributed by atoms with Gasteiger partial charge < -0.3 is 19.9 Å². The molecule has 186 valence electrons. The summed E-state index contributed by atoms with van der Waals surface area (Å²) in [6.07, 6.45) is 4.23. The van der Waals surface area contributed by atoms with Crippen LogP contribution < -0.4 is 10.2 Å². The van der Waals surface area contributed by atoms with Crippen LogP contribution in [-0.4, -0.2) is 82.3 Å². The lowest BCUT2D eigenvalue weighted by molar-refractivity contribution is 0.122. The molecule has 1 unspecified atom stereocenters. The molecule has 5 heterocycles. The summed E-state index contributed by atoms with van der Waals surface area (Å²) in [5.41, 5.74) is 6.22. The number of pyridine rings is 1. The van der Waals surface area contributed by atoms with Gasteiger partial charge in [-0.1, -0.05) is 6.07 Å². The number of fused-ring (bicyclic) bond motifs is 1. The molecule has 4 aromatic rings.